The fraction of sp³-hybridized carbons (Fsp3) is 0.818. The molecule has 1 fully saturated rings. The lowest BCUT2D eigenvalue weighted by molar-refractivity contribution is 0.0778. The third-order valence-electron chi connectivity index (χ3n) is 2.97. The Morgan fingerprint density at radius 3 is 2.82 bits per heavy atom. The predicted molar refractivity (Wildman–Crippen MR) is 60.5 cm³/mol. The second-order valence-corrected chi connectivity index (χ2v) is 4.69. The van der Waals surface area contributed by atoms with Gasteiger partial charge in [0.05, 0.1) is 6.61 Å². The molecule has 1 aromatic heterocycles. The van der Waals surface area contributed by atoms with E-state index in [1.807, 2.05) is 6.92 Å². The van der Waals surface area contributed by atoms with Crippen molar-refractivity contribution in [2.75, 3.05) is 26.9 Å². The van der Waals surface area contributed by atoms with E-state index in [0.29, 0.717) is 24.2 Å². The Morgan fingerprint density at radius 1 is 1.47 bits per heavy atom. The lowest BCUT2D eigenvalue weighted by Gasteiger charge is -2.19. The van der Waals surface area contributed by atoms with Gasteiger partial charge in [0.25, 0.3) is 0 Å². The Morgan fingerprint density at radius 2 is 2.18 bits per heavy atom. The molecule has 0 aromatic carbocycles. The highest BCUT2D eigenvalue weighted by atomic mass is 16.5. The van der Waals surface area contributed by atoms with Gasteiger partial charge in [-0.1, -0.05) is 5.16 Å². The SMILES string of the molecule is COCC(C)(N)c1noc(C2CCOCC2)n1. The van der Waals surface area contributed by atoms with Gasteiger partial charge >= 0.3 is 0 Å². The Bertz CT molecular complexity index is 359. The van der Waals surface area contributed by atoms with E-state index >= 15 is 0 Å². The third-order valence-corrected chi connectivity index (χ3v) is 2.97. The van der Waals surface area contributed by atoms with E-state index < -0.39 is 5.54 Å². The number of rotatable bonds is 4. The van der Waals surface area contributed by atoms with E-state index in [4.69, 9.17) is 19.7 Å². The third kappa shape index (κ3) is 2.83. The van der Waals surface area contributed by atoms with Gasteiger partial charge < -0.3 is 19.7 Å². The lowest BCUT2D eigenvalue weighted by atomic mass is 10.00. The average Bonchev–Trinajstić information content (AvgIpc) is 2.80. The van der Waals surface area contributed by atoms with Crippen molar-refractivity contribution in [1.29, 1.82) is 0 Å². The van der Waals surface area contributed by atoms with Gasteiger partial charge in [-0.2, -0.15) is 4.98 Å². The summed E-state index contributed by atoms with van der Waals surface area (Å²) in [5, 5.41) is 3.95. The quantitative estimate of drug-likeness (QED) is 0.838. The minimum Gasteiger partial charge on any atom is -0.382 e. The average molecular weight is 241 g/mol. The maximum absolute atomic E-state index is 6.06. The van der Waals surface area contributed by atoms with Crippen LogP contribution in [0.15, 0.2) is 4.52 Å². The van der Waals surface area contributed by atoms with Crippen LogP contribution in [0, 0.1) is 0 Å². The number of nitrogens with two attached hydrogens (primary N) is 1. The molecule has 17 heavy (non-hydrogen) atoms. The maximum Gasteiger partial charge on any atom is 0.230 e. The number of ether oxygens (including phenoxy) is 2. The molecule has 1 saturated heterocycles. The van der Waals surface area contributed by atoms with Crippen LogP contribution in [-0.4, -0.2) is 37.1 Å². The van der Waals surface area contributed by atoms with E-state index in [1.165, 1.54) is 0 Å². The van der Waals surface area contributed by atoms with Gasteiger partial charge in [0, 0.05) is 26.2 Å². The molecular weight excluding hydrogens is 222 g/mol. The van der Waals surface area contributed by atoms with Crippen LogP contribution in [0.3, 0.4) is 0 Å². The molecular formula is C11H19N3O3. The summed E-state index contributed by atoms with van der Waals surface area (Å²) in [7, 11) is 1.60. The standard InChI is InChI=1S/C11H19N3O3/c1-11(12,7-15-2)10-13-9(17-14-10)8-3-5-16-6-4-8/h8H,3-7,12H2,1-2H3. The lowest BCUT2D eigenvalue weighted by Crippen LogP contribution is -2.39. The number of hydrogen-bond acceptors (Lipinski definition) is 6. The van der Waals surface area contributed by atoms with Gasteiger partial charge in [0.15, 0.2) is 5.82 Å². The first kappa shape index (κ1) is 12.5. The van der Waals surface area contributed by atoms with E-state index in [-0.39, 0.29) is 0 Å². The summed E-state index contributed by atoms with van der Waals surface area (Å²) in [4.78, 5) is 4.39. The van der Waals surface area contributed by atoms with Crippen LogP contribution in [0.5, 0.6) is 0 Å². The van der Waals surface area contributed by atoms with Crippen LogP contribution in [0.4, 0.5) is 0 Å². The van der Waals surface area contributed by atoms with Crippen LogP contribution >= 0.6 is 0 Å². The van der Waals surface area contributed by atoms with E-state index in [1.54, 1.807) is 7.11 Å². The minimum atomic E-state index is -0.707. The van der Waals surface area contributed by atoms with Crippen molar-refractivity contribution in [2.45, 2.75) is 31.2 Å². The summed E-state index contributed by atoms with van der Waals surface area (Å²) >= 11 is 0. The molecule has 1 unspecified atom stereocenters. The van der Waals surface area contributed by atoms with Gasteiger partial charge in [-0.3, -0.25) is 0 Å². The van der Waals surface area contributed by atoms with Gasteiger partial charge in [-0.15, -0.1) is 0 Å². The molecule has 1 atom stereocenters. The molecule has 96 valence electrons. The molecule has 1 aromatic rings. The van der Waals surface area contributed by atoms with Crippen molar-refractivity contribution in [3.05, 3.63) is 11.7 Å². The molecule has 1 aliphatic heterocycles. The first-order valence-corrected chi connectivity index (χ1v) is 5.83. The van der Waals surface area contributed by atoms with Crippen molar-refractivity contribution in [2.24, 2.45) is 5.73 Å². The molecule has 0 bridgehead atoms. The normalized spacial score (nSPS) is 21.4. The predicted octanol–water partition coefficient (Wildman–Crippen LogP) is 0.784. The molecule has 1 aliphatic rings. The van der Waals surface area contributed by atoms with Gasteiger partial charge in [0.2, 0.25) is 5.89 Å². The van der Waals surface area contributed by atoms with Gasteiger partial charge in [-0.25, -0.2) is 0 Å². The number of nitrogens with zero attached hydrogens (tertiary/aromatic N) is 2. The Balaban J connectivity index is 2.09. The van der Waals surface area contributed by atoms with Crippen molar-refractivity contribution in [1.82, 2.24) is 10.1 Å². The zero-order chi connectivity index (χ0) is 12.3. The van der Waals surface area contributed by atoms with Gasteiger partial charge in [0.1, 0.15) is 5.54 Å². The molecule has 0 saturated carbocycles. The highest BCUT2D eigenvalue weighted by Gasteiger charge is 2.30. The molecule has 2 N–H and O–H groups in total. The number of methoxy groups -OCH3 is 1. The fourth-order valence-corrected chi connectivity index (χ4v) is 1.94. The van der Waals surface area contributed by atoms with Crippen molar-refractivity contribution >= 4 is 0 Å². The van der Waals surface area contributed by atoms with E-state index in [0.717, 1.165) is 26.1 Å². The topological polar surface area (TPSA) is 83.4 Å². The zero-order valence-electron chi connectivity index (χ0n) is 10.3. The Labute approximate surface area is 100 Å². The molecule has 6 nitrogen and oxygen atoms in total. The Hall–Kier alpha value is -0.980. The number of hydrogen-bond donors (Lipinski definition) is 1. The van der Waals surface area contributed by atoms with Crippen LogP contribution in [0.2, 0.25) is 0 Å². The smallest absolute Gasteiger partial charge is 0.230 e. The highest BCUT2D eigenvalue weighted by molar-refractivity contribution is 5.04. The summed E-state index contributed by atoms with van der Waals surface area (Å²) in [5.74, 6) is 1.46. The second-order valence-electron chi connectivity index (χ2n) is 4.69. The molecule has 6 heteroatoms. The van der Waals surface area contributed by atoms with Gasteiger partial charge in [-0.05, 0) is 19.8 Å². The first-order chi connectivity index (χ1) is 8.13. The summed E-state index contributed by atoms with van der Waals surface area (Å²) in [6, 6.07) is 0. The fourth-order valence-electron chi connectivity index (χ4n) is 1.94. The molecule has 0 amide bonds. The molecule has 0 radical (unpaired) electrons. The van der Waals surface area contributed by atoms with E-state index in [9.17, 15) is 0 Å². The first-order valence-electron chi connectivity index (χ1n) is 5.83. The van der Waals surface area contributed by atoms with Crippen molar-refractivity contribution in [3.63, 3.8) is 0 Å². The summed E-state index contributed by atoms with van der Waals surface area (Å²) in [6.07, 6.45) is 1.85. The second kappa shape index (κ2) is 5.12. The van der Waals surface area contributed by atoms with Crippen LogP contribution < -0.4 is 5.73 Å². The minimum absolute atomic E-state index is 0.295. The van der Waals surface area contributed by atoms with Crippen molar-refractivity contribution < 1.29 is 14.0 Å². The number of aromatic nitrogens is 2. The highest BCUT2D eigenvalue weighted by Crippen LogP contribution is 2.26. The van der Waals surface area contributed by atoms with Crippen molar-refractivity contribution in [3.8, 4) is 0 Å². The molecule has 0 aliphatic carbocycles. The summed E-state index contributed by atoms with van der Waals surface area (Å²) < 4.78 is 15.6. The summed E-state index contributed by atoms with van der Waals surface area (Å²) in [5.41, 5.74) is 5.35. The Kier molecular flexibility index (Phi) is 3.76. The van der Waals surface area contributed by atoms with Crippen LogP contribution in [0.1, 0.15) is 37.4 Å². The molecule has 0 spiro atoms. The van der Waals surface area contributed by atoms with E-state index in [2.05, 4.69) is 10.1 Å². The molecule has 2 rings (SSSR count). The summed E-state index contributed by atoms with van der Waals surface area (Å²) in [6.45, 7) is 3.69. The largest absolute Gasteiger partial charge is 0.382 e. The monoisotopic (exact) mass is 241 g/mol. The van der Waals surface area contributed by atoms with Crippen LogP contribution in [0.25, 0.3) is 0 Å². The molecule has 2 heterocycles. The maximum atomic E-state index is 6.06. The zero-order valence-corrected chi connectivity index (χ0v) is 10.3. The van der Waals surface area contributed by atoms with Crippen LogP contribution in [-0.2, 0) is 15.0 Å².